The summed E-state index contributed by atoms with van der Waals surface area (Å²) in [6, 6.07) is 11.6. The second kappa shape index (κ2) is 9.48. The van der Waals surface area contributed by atoms with Crippen LogP contribution >= 0.6 is 11.3 Å². The van der Waals surface area contributed by atoms with E-state index in [-0.39, 0.29) is 24.6 Å². The van der Waals surface area contributed by atoms with Gasteiger partial charge in [-0.2, -0.15) is 0 Å². The van der Waals surface area contributed by atoms with E-state index in [1.807, 2.05) is 30.3 Å². The number of methoxy groups -OCH3 is 1. The molecule has 0 aliphatic carbocycles. The topological polar surface area (TPSA) is 82.3 Å². The lowest BCUT2D eigenvalue weighted by Gasteiger charge is -2.12. The minimum Gasteiger partial charge on any atom is -0.385 e. The molecule has 0 saturated heterocycles. The van der Waals surface area contributed by atoms with Crippen LogP contribution in [0.4, 0.5) is 0 Å². The quantitative estimate of drug-likeness (QED) is 0.553. The molecule has 3 rings (SSSR count). The molecule has 0 spiro atoms. The first-order valence-corrected chi connectivity index (χ1v) is 10.00. The summed E-state index contributed by atoms with van der Waals surface area (Å²) in [5.74, 6) is -0.257. The summed E-state index contributed by atoms with van der Waals surface area (Å²) in [6.45, 7) is 1.08. The number of hydrogen-bond donors (Lipinski definition) is 1. The monoisotopic (exact) mass is 401 g/mol. The second-order valence-electron chi connectivity index (χ2n) is 6.39. The Hall–Kier alpha value is -2.71. The predicted molar refractivity (Wildman–Crippen MR) is 110 cm³/mol. The number of nitrogens with one attached hydrogen (secondary N) is 1. The first-order chi connectivity index (χ1) is 13.6. The summed E-state index contributed by atoms with van der Waals surface area (Å²) >= 11 is 1.28. The van der Waals surface area contributed by atoms with Gasteiger partial charge in [0.15, 0.2) is 0 Å². The van der Waals surface area contributed by atoms with E-state index in [1.165, 1.54) is 20.5 Å². The summed E-state index contributed by atoms with van der Waals surface area (Å²) in [7, 11) is 1.57. The van der Waals surface area contributed by atoms with Gasteiger partial charge in [-0.15, -0.1) is 11.3 Å². The van der Waals surface area contributed by atoms with Crippen molar-refractivity contribution in [2.45, 2.75) is 25.9 Å². The molecule has 2 heterocycles. The van der Waals surface area contributed by atoms with Crippen molar-refractivity contribution >= 4 is 27.5 Å². The van der Waals surface area contributed by atoms with Crippen LogP contribution in [0, 0.1) is 0 Å². The zero-order valence-electron chi connectivity index (χ0n) is 15.7. The van der Waals surface area contributed by atoms with Crippen molar-refractivity contribution in [3.05, 3.63) is 68.2 Å². The van der Waals surface area contributed by atoms with Crippen LogP contribution in [0.1, 0.15) is 12.0 Å². The Balaban J connectivity index is 1.76. The fourth-order valence-corrected chi connectivity index (χ4v) is 3.88. The fraction of sp³-hybridized carbons (Fsp3) is 0.350. The van der Waals surface area contributed by atoms with Crippen molar-refractivity contribution in [2.75, 3.05) is 20.3 Å². The van der Waals surface area contributed by atoms with E-state index < -0.39 is 5.69 Å². The van der Waals surface area contributed by atoms with Crippen LogP contribution in [0.3, 0.4) is 0 Å². The SMILES string of the molecule is COCCCn1c(=O)c2sccc2n(CC(=O)NCCc2ccccc2)c1=O. The molecule has 0 bridgehead atoms. The highest BCUT2D eigenvalue weighted by atomic mass is 32.1. The maximum Gasteiger partial charge on any atom is 0.332 e. The number of amides is 1. The molecule has 0 aliphatic rings. The Morgan fingerprint density at radius 3 is 2.68 bits per heavy atom. The molecule has 2 aromatic heterocycles. The van der Waals surface area contributed by atoms with Crippen LogP contribution in [0.25, 0.3) is 10.2 Å². The normalized spacial score (nSPS) is 11.0. The maximum absolute atomic E-state index is 12.8. The van der Waals surface area contributed by atoms with Crippen molar-refractivity contribution in [3.8, 4) is 0 Å². The largest absolute Gasteiger partial charge is 0.385 e. The summed E-state index contributed by atoms with van der Waals surface area (Å²) < 4.78 is 8.05. The molecule has 1 amide bonds. The first kappa shape index (κ1) is 20.0. The smallest absolute Gasteiger partial charge is 0.332 e. The van der Waals surface area contributed by atoms with Gasteiger partial charge in [0.2, 0.25) is 5.91 Å². The number of benzene rings is 1. The summed E-state index contributed by atoms with van der Waals surface area (Å²) in [5, 5.41) is 4.61. The van der Waals surface area contributed by atoms with Crippen molar-refractivity contribution in [3.63, 3.8) is 0 Å². The lowest BCUT2D eigenvalue weighted by Crippen LogP contribution is -2.42. The van der Waals surface area contributed by atoms with Crippen LogP contribution < -0.4 is 16.6 Å². The van der Waals surface area contributed by atoms with Gasteiger partial charge in [-0.1, -0.05) is 30.3 Å². The zero-order valence-corrected chi connectivity index (χ0v) is 16.5. The van der Waals surface area contributed by atoms with E-state index in [2.05, 4.69) is 5.32 Å². The van der Waals surface area contributed by atoms with Gasteiger partial charge in [-0.25, -0.2) is 4.79 Å². The van der Waals surface area contributed by atoms with E-state index in [0.29, 0.717) is 36.2 Å². The lowest BCUT2D eigenvalue weighted by atomic mass is 10.1. The van der Waals surface area contributed by atoms with Crippen LogP contribution in [0.5, 0.6) is 0 Å². The van der Waals surface area contributed by atoms with E-state index in [0.717, 1.165) is 5.56 Å². The maximum atomic E-state index is 12.8. The van der Waals surface area contributed by atoms with Crippen LogP contribution in [0.15, 0.2) is 51.4 Å². The van der Waals surface area contributed by atoms with Crippen LogP contribution in [0.2, 0.25) is 0 Å². The van der Waals surface area contributed by atoms with Gasteiger partial charge in [0.1, 0.15) is 11.2 Å². The van der Waals surface area contributed by atoms with Crippen LogP contribution in [-0.2, 0) is 29.0 Å². The molecule has 0 saturated carbocycles. The van der Waals surface area contributed by atoms with E-state index in [4.69, 9.17) is 4.74 Å². The molecule has 1 N–H and O–H groups in total. The molecule has 3 aromatic rings. The molecule has 8 heteroatoms. The molecular formula is C20H23N3O4S. The van der Waals surface area contributed by atoms with Crippen molar-refractivity contribution in [1.82, 2.24) is 14.5 Å². The number of thiophene rings is 1. The number of fused-ring (bicyclic) bond motifs is 1. The molecule has 0 radical (unpaired) electrons. The standard InChI is InChI=1S/C20H23N3O4S/c1-27-12-5-11-22-19(25)18-16(9-13-28-18)23(20(22)26)14-17(24)21-10-8-15-6-3-2-4-7-15/h2-4,6-7,9,13H,5,8,10-12,14H2,1H3,(H,21,24). The van der Waals surface area contributed by atoms with Gasteiger partial charge in [-0.3, -0.25) is 18.7 Å². The molecular weight excluding hydrogens is 378 g/mol. The van der Waals surface area contributed by atoms with E-state index in [9.17, 15) is 14.4 Å². The fourth-order valence-electron chi connectivity index (χ4n) is 3.04. The van der Waals surface area contributed by atoms with Gasteiger partial charge in [0.05, 0.1) is 5.52 Å². The number of aromatic nitrogens is 2. The number of carbonyl (C=O) groups is 1. The number of ether oxygens (including phenoxy) is 1. The second-order valence-corrected chi connectivity index (χ2v) is 7.31. The van der Waals surface area contributed by atoms with E-state index in [1.54, 1.807) is 18.6 Å². The Labute approximate surface area is 166 Å². The van der Waals surface area contributed by atoms with Gasteiger partial charge in [-0.05, 0) is 29.9 Å². The molecule has 0 atom stereocenters. The molecule has 0 aliphatic heterocycles. The van der Waals surface area contributed by atoms with Gasteiger partial charge in [0, 0.05) is 26.8 Å². The lowest BCUT2D eigenvalue weighted by molar-refractivity contribution is -0.121. The Morgan fingerprint density at radius 2 is 1.93 bits per heavy atom. The number of carbonyl (C=O) groups excluding carboxylic acids is 1. The molecule has 1 aromatic carbocycles. The first-order valence-electron chi connectivity index (χ1n) is 9.12. The predicted octanol–water partition coefficient (Wildman–Crippen LogP) is 1.62. The van der Waals surface area contributed by atoms with Gasteiger partial charge < -0.3 is 10.1 Å². The van der Waals surface area contributed by atoms with Gasteiger partial charge in [0.25, 0.3) is 5.56 Å². The van der Waals surface area contributed by atoms with Crippen LogP contribution in [-0.4, -0.2) is 35.3 Å². The molecule has 148 valence electrons. The minimum absolute atomic E-state index is 0.120. The summed E-state index contributed by atoms with van der Waals surface area (Å²) in [6.07, 6.45) is 1.26. The third-order valence-corrected chi connectivity index (χ3v) is 5.34. The molecule has 7 nitrogen and oxygen atoms in total. The highest BCUT2D eigenvalue weighted by molar-refractivity contribution is 7.17. The number of hydrogen-bond acceptors (Lipinski definition) is 5. The molecule has 0 unspecified atom stereocenters. The number of rotatable bonds is 9. The highest BCUT2D eigenvalue weighted by Gasteiger charge is 2.16. The summed E-state index contributed by atoms with van der Waals surface area (Å²) in [5.41, 5.74) is 0.852. The molecule has 0 fully saturated rings. The Morgan fingerprint density at radius 1 is 1.14 bits per heavy atom. The summed E-state index contributed by atoms with van der Waals surface area (Å²) in [4.78, 5) is 37.8. The van der Waals surface area contributed by atoms with E-state index >= 15 is 0 Å². The van der Waals surface area contributed by atoms with Crippen molar-refractivity contribution < 1.29 is 9.53 Å². The number of nitrogens with zero attached hydrogens (tertiary/aromatic N) is 2. The third-order valence-electron chi connectivity index (χ3n) is 4.45. The molecule has 28 heavy (non-hydrogen) atoms. The zero-order chi connectivity index (χ0) is 19.9. The van der Waals surface area contributed by atoms with Crippen molar-refractivity contribution in [1.29, 1.82) is 0 Å². The minimum atomic E-state index is -0.467. The Bertz CT molecular complexity index is 1050. The van der Waals surface area contributed by atoms with Gasteiger partial charge >= 0.3 is 5.69 Å². The van der Waals surface area contributed by atoms with Crippen molar-refractivity contribution in [2.24, 2.45) is 0 Å². The highest BCUT2D eigenvalue weighted by Crippen LogP contribution is 2.15. The average molecular weight is 401 g/mol. The Kier molecular flexibility index (Phi) is 6.78. The average Bonchev–Trinajstić information content (AvgIpc) is 3.19. The third kappa shape index (κ3) is 4.58.